The van der Waals surface area contributed by atoms with Crippen LogP contribution < -0.4 is 5.43 Å². The number of rotatable bonds is 6. The normalized spacial score (nSPS) is 12.4. The predicted molar refractivity (Wildman–Crippen MR) is 131 cm³/mol. The maximum absolute atomic E-state index is 13.2. The summed E-state index contributed by atoms with van der Waals surface area (Å²) in [5, 5.41) is 13.6. The summed E-state index contributed by atoms with van der Waals surface area (Å²) in [5.41, 5.74) is 3.87. The Morgan fingerprint density at radius 1 is 1.06 bits per heavy atom. The molecule has 2 heterocycles. The van der Waals surface area contributed by atoms with Gasteiger partial charge in [0.2, 0.25) is 0 Å². The molecule has 0 aliphatic carbocycles. The van der Waals surface area contributed by atoms with Crippen molar-refractivity contribution in [2.24, 2.45) is 0 Å². The fourth-order valence-corrected chi connectivity index (χ4v) is 4.36. The van der Waals surface area contributed by atoms with Gasteiger partial charge in [-0.25, -0.2) is 0 Å². The minimum atomic E-state index is -0.315. The molecule has 1 atom stereocenters. The monoisotopic (exact) mass is 471 g/mol. The van der Waals surface area contributed by atoms with Gasteiger partial charge in [-0.05, 0) is 59.8 Å². The van der Waals surface area contributed by atoms with Crippen LogP contribution in [0.25, 0.3) is 16.7 Å². The maximum atomic E-state index is 13.2. The van der Waals surface area contributed by atoms with Crippen molar-refractivity contribution in [3.63, 3.8) is 0 Å². The first-order valence-electron chi connectivity index (χ1n) is 10.8. The highest BCUT2D eigenvalue weighted by atomic mass is 35.5. The average molecular weight is 472 g/mol. The van der Waals surface area contributed by atoms with Gasteiger partial charge in [0.1, 0.15) is 5.58 Å². The number of para-hydroxylation sites is 1. The van der Waals surface area contributed by atoms with Gasteiger partial charge in [-0.2, -0.15) is 4.68 Å². The molecule has 5 aromatic rings. The topological polar surface area (TPSA) is 77.1 Å². The van der Waals surface area contributed by atoms with Crippen LogP contribution in [0.2, 0.25) is 5.02 Å². The molecule has 0 aliphatic heterocycles. The Morgan fingerprint density at radius 2 is 1.82 bits per heavy atom. The van der Waals surface area contributed by atoms with Crippen LogP contribution in [0.5, 0.6) is 0 Å². The molecule has 8 heteroatoms. The lowest BCUT2D eigenvalue weighted by atomic mass is 10.0. The molecule has 0 amide bonds. The molecule has 0 radical (unpaired) electrons. The van der Waals surface area contributed by atoms with E-state index in [1.54, 1.807) is 22.9 Å². The van der Waals surface area contributed by atoms with Gasteiger partial charge < -0.3 is 4.42 Å². The van der Waals surface area contributed by atoms with Gasteiger partial charge in [-0.3, -0.25) is 9.69 Å². The smallest absolute Gasteiger partial charge is 0.197 e. The van der Waals surface area contributed by atoms with Gasteiger partial charge in [-0.1, -0.05) is 60.1 Å². The molecular weight excluding hydrogens is 450 g/mol. The molecule has 0 unspecified atom stereocenters. The number of nitrogens with zero attached hydrogens (tertiary/aromatic N) is 5. The van der Waals surface area contributed by atoms with Gasteiger partial charge in [0.05, 0.1) is 23.4 Å². The van der Waals surface area contributed by atoms with Gasteiger partial charge in [0.25, 0.3) is 0 Å². The first-order valence-corrected chi connectivity index (χ1v) is 11.2. The summed E-state index contributed by atoms with van der Waals surface area (Å²) in [6.45, 7) is 2.35. The molecule has 170 valence electrons. The second-order valence-electron chi connectivity index (χ2n) is 8.19. The summed E-state index contributed by atoms with van der Waals surface area (Å²) in [4.78, 5) is 15.2. The Labute approximate surface area is 201 Å². The molecule has 0 aliphatic rings. The van der Waals surface area contributed by atoms with Crippen molar-refractivity contribution in [1.82, 2.24) is 25.1 Å². The third kappa shape index (κ3) is 4.11. The van der Waals surface area contributed by atoms with Crippen molar-refractivity contribution in [2.45, 2.75) is 19.5 Å². The van der Waals surface area contributed by atoms with Crippen LogP contribution in [-0.2, 0) is 6.54 Å². The minimum Gasteiger partial charge on any atom is -0.464 e. The Bertz CT molecular complexity index is 1510. The number of aryl methyl sites for hydroxylation is 1. The summed E-state index contributed by atoms with van der Waals surface area (Å²) in [6.07, 6.45) is 1.52. The lowest BCUT2D eigenvalue weighted by molar-refractivity contribution is 0.256. The quantitative estimate of drug-likeness (QED) is 0.348. The molecule has 0 spiro atoms. The summed E-state index contributed by atoms with van der Waals surface area (Å²) in [5.74, 6) is 0.649. The Balaban J connectivity index is 1.58. The highest BCUT2D eigenvalue weighted by Crippen LogP contribution is 2.29. The molecule has 7 nitrogen and oxygen atoms in total. The molecular formula is C26H22ClN5O2. The van der Waals surface area contributed by atoms with Crippen LogP contribution in [0.15, 0.2) is 88.3 Å². The van der Waals surface area contributed by atoms with E-state index >= 15 is 0 Å². The van der Waals surface area contributed by atoms with E-state index in [2.05, 4.69) is 15.5 Å². The van der Waals surface area contributed by atoms with E-state index in [0.29, 0.717) is 33.9 Å². The van der Waals surface area contributed by atoms with Crippen LogP contribution in [-0.4, -0.2) is 32.2 Å². The molecule has 0 bridgehead atoms. The number of hydrogen-bond acceptors (Lipinski definition) is 6. The molecule has 0 N–H and O–H groups in total. The summed E-state index contributed by atoms with van der Waals surface area (Å²) in [7, 11) is 1.94. The van der Waals surface area contributed by atoms with Crippen LogP contribution in [0, 0.1) is 6.92 Å². The van der Waals surface area contributed by atoms with Crippen molar-refractivity contribution in [3.05, 3.63) is 117 Å². The zero-order valence-electron chi connectivity index (χ0n) is 18.7. The van der Waals surface area contributed by atoms with Crippen LogP contribution in [0.3, 0.4) is 0 Å². The van der Waals surface area contributed by atoms with E-state index in [-0.39, 0.29) is 11.5 Å². The van der Waals surface area contributed by atoms with E-state index in [9.17, 15) is 4.79 Å². The second-order valence-corrected chi connectivity index (χ2v) is 8.63. The fourth-order valence-electron chi connectivity index (χ4n) is 4.19. The third-order valence-electron chi connectivity index (χ3n) is 5.86. The number of fused-ring (bicyclic) bond motifs is 1. The van der Waals surface area contributed by atoms with Crippen LogP contribution in [0.4, 0.5) is 0 Å². The summed E-state index contributed by atoms with van der Waals surface area (Å²) >= 11 is 6.12. The predicted octanol–water partition coefficient (Wildman–Crippen LogP) is 4.95. The lowest BCUT2D eigenvalue weighted by Crippen LogP contribution is -2.30. The molecule has 0 saturated heterocycles. The number of benzene rings is 3. The third-order valence-corrected chi connectivity index (χ3v) is 6.10. The largest absolute Gasteiger partial charge is 0.464 e. The van der Waals surface area contributed by atoms with Crippen molar-refractivity contribution >= 4 is 22.6 Å². The first kappa shape index (κ1) is 22.0. The molecule has 3 aromatic carbocycles. The van der Waals surface area contributed by atoms with Crippen molar-refractivity contribution < 1.29 is 4.42 Å². The number of tetrazole rings is 1. The molecule has 5 rings (SSSR count). The minimum absolute atomic E-state index is 0.110. The number of aromatic nitrogens is 4. The Morgan fingerprint density at radius 3 is 2.62 bits per heavy atom. The molecule has 0 fully saturated rings. The zero-order chi connectivity index (χ0) is 23.7. The standard InChI is InChI=1S/C26H22ClN5O2/c1-17-8-6-7-11-22(17)32-26(28-29-30-32)24(18-9-4-3-5-10-18)31(2)15-19-16-34-23-13-12-20(27)14-21(23)25(19)33/h3-14,16,24H,15H2,1-2H3/t24-/m1/s1. The van der Waals surface area contributed by atoms with Gasteiger partial charge >= 0.3 is 0 Å². The molecule has 0 saturated carbocycles. The van der Waals surface area contributed by atoms with Crippen molar-refractivity contribution in [2.75, 3.05) is 7.05 Å². The van der Waals surface area contributed by atoms with E-state index in [1.807, 2.05) is 73.5 Å². The maximum Gasteiger partial charge on any atom is 0.197 e. The summed E-state index contributed by atoms with van der Waals surface area (Å²) in [6, 6.07) is 22.7. The van der Waals surface area contributed by atoms with Gasteiger partial charge in [0, 0.05) is 17.1 Å². The first-order chi connectivity index (χ1) is 16.5. The number of hydrogen-bond donors (Lipinski definition) is 0. The highest BCUT2D eigenvalue weighted by molar-refractivity contribution is 6.31. The van der Waals surface area contributed by atoms with E-state index in [4.69, 9.17) is 16.0 Å². The van der Waals surface area contributed by atoms with Gasteiger partial charge in [-0.15, -0.1) is 5.10 Å². The summed E-state index contributed by atoms with van der Waals surface area (Å²) < 4.78 is 7.49. The van der Waals surface area contributed by atoms with Crippen LogP contribution in [0.1, 0.15) is 28.6 Å². The lowest BCUT2D eigenvalue weighted by Gasteiger charge is -2.27. The van der Waals surface area contributed by atoms with E-state index in [1.165, 1.54) is 6.26 Å². The van der Waals surface area contributed by atoms with Crippen molar-refractivity contribution in [1.29, 1.82) is 0 Å². The fraction of sp³-hybridized carbons (Fsp3) is 0.154. The SMILES string of the molecule is Cc1ccccc1-n1nnnc1[C@@H](c1ccccc1)N(C)Cc1coc2ccc(Cl)cc2c1=O. The van der Waals surface area contributed by atoms with Crippen LogP contribution >= 0.6 is 11.6 Å². The van der Waals surface area contributed by atoms with E-state index in [0.717, 1.165) is 16.8 Å². The Hall–Kier alpha value is -3.81. The number of halogens is 1. The van der Waals surface area contributed by atoms with Crippen molar-refractivity contribution in [3.8, 4) is 5.69 Å². The van der Waals surface area contributed by atoms with Gasteiger partial charge in [0.15, 0.2) is 11.3 Å². The second kappa shape index (κ2) is 9.21. The molecule has 34 heavy (non-hydrogen) atoms. The molecule has 2 aromatic heterocycles. The average Bonchev–Trinajstić information content (AvgIpc) is 3.31. The highest BCUT2D eigenvalue weighted by Gasteiger charge is 2.27. The van der Waals surface area contributed by atoms with E-state index < -0.39 is 0 Å². The Kier molecular flexibility index (Phi) is 5.96. The zero-order valence-corrected chi connectivity index (χ0v) is 19.5.